The van der Waals surface area contributed by atoms with Crippen LogP contribution in [0.3, 0.4) is 0 Å². The van der Waals surface area contributed by atoms with Gasteiger partial charge in [0.1, 0.15) is 18.8 Å². The highest BCUT2D eigenvalue weighted by Gasteiger charge is 2.31. The van der Waals surface area contributed by atoms with Crippen molar-refractivity contribution in [3.05, 3.63) is 24.3 Å². The van der Waals surface area contributed by atoms with E-state index in [0.29, 0.717) is 18.0 Å². The highest BCUT2D eigenvalue weighted by molar-refractivity contribution is 5.40. The Labute approximate surface area is 88.8 Å². The third-order valence-electron chi connectivity index (χ3n) is 2.35. The van der Waals surface area contributed by atoms with Crippen LogP contribution in [0.2, 0.25) is 0 Å². The molecule has 2 rings (SSSR count). The maximum absolute atomic E-state index is 10.1. The number of benzene rings is 1. The second-order valence-electron chi connectivity index (χ2n) is 3.78. The van der Waals surface area contributed by atoms with Crippen molar-refractivity contribution in [3.8, 4) is 11.5 Å². The summed E-state index contributed by atoms with van der Waals surface area (Å²) >= 11 is 0. The van der Waals surface area contributed by atoms with Gasteiger partial charge in [-0.3, -0.25) is 0 Å². The largest absolute Gasteiger partial charge is 0.487 e. The molecule has 0 radical (unpaired) electrons. The van der Waals surface area contributed by atoms with E-state index in [4.69, 9.17) is 9.47 Å². The maximum Gasteiger partial charge on any atom is 0.161 e. The molecule has 1 heterocycles. The third-order valence-corrected chi connectivity index (χ3v) is 2.35. The number of aliphatic hydroxyl groups is 1. The van der Waals surface area contributed by atoms with Crippen molar-refractivity contribution >= 4 is 0 Å². The molecule has 1 aromatic rings. The van der Waals surface area contributed by atoms with Crippen molar-refractivity contribution in [3.63, 3.8) is 0 Å². The van der Waals surface area contributed by atoms with Gasteiger partial charge in [-0.25, -0.2) is 0 Å². The minimum absolute atomic E-state index is 0.241. The molecule has 0 spiro atoms. The van der Waals surface area contributed by atoms with Gasteiger partial charge in [-0.05, 0) is 19.2 Å². The summed E-state index contributed by atoms with van der Waals surface area (Å²) in [4.78, 5) is 0. The number of likely N-dealkylation sites (N-methyl/N-ethyl adjacent to an activating group) is 1. The third kappa shape index (κ3) is 2.22. The first-order chi connectivity index (χ1) is 7.23. The van der Waals surface area contributed by atoms with Gasteiger partial charge in [0.15, 0.2) is 11.5 Å². The highest BCUT2D eigenvalue weighted by atomic mass is 16.6. The summed E-state index contributed by atoms with van der Waals surface area (Å²) in [5.74, 6) is 1.37. The van der Waals surface area contributed by atoms with Gasteiger partial charge in [0.05, 0.1) is 0 Å². The maximum atomic E-state index is 10.1. The fraction of sp³-hybridized carbons (Fsp3) is 0.455. The van der Waals surface area contributed by atoms with Crippen LogP contribution in [0.4, 0.5) is 0 Å². The summed E-state index contributed by atoms with van der Waals surface area (Å²) < 4.78 is 11.0. The van der Waals surface area contributed by atoms with Gasteiger partial charge in [0.25, 0.3) is 0 Å². The lowest BCUT2D eigenvalue weighted by molar-refractivity contribution is -0.0253. The molecule has 1 aromatic carbocycles. The monoisotopic (exact) mass is 209 g/mol. The molecule has 15 heavy (non-hydrogen) atoms. The number of rotatable bonds is 2. The molecule has 0 saturated heterocycles. The zero-order valence-electron chi connectivity index (χ0n) is 8.69. The predicted octanol–water partition coefficient (Wildman–Crippen LogP) is 0.408. The Morgan fingerprint density at radius 1 is 1.27 bits per heavy atom. The van der Waals surface area contributed by atoms with Crippen molar-refractivity contribution in [1.82, 2.24) is 5.32 Å². The van der Waals surface area contributed by atoms with Gasteiger partial charge < -0.3 is 19.9 Å². The summed E-state index contributed by atoms with van der Waals surface area (Å²) in [6.07, 6.45) is 0. The summed E-state index contributed by atoms with van der Waals surface area (Å²) in [6, 6.07) is 7.43. The van der Waals surface area contributed by atoms with Crippen molar-refractivity contribution in [1.29, 1.82) is 0 Å². The van der Waals surface area contributed by atoms with E-state index in [2.05, 4.69) is 5.32 Å². The van der Waals surface area contributed by atoms with E-state index in [0.717, 1.165) is 0 Å². The molecule has 0 atom stereocenters. The zero-order valence-corrected chi connectivity index (χ0v) is 8.69. The smallest absolute Gasteiger partial charge is 0.161 e. The van der Waals surface area contributed by atoms with Crippen LogP contribution >= 0.6 is 0 Å². The minimum atomic E-state index is -0.965. The van der Waals surface area contributed by atoms with E-state index >= 15 is 0 Å². The van der Waals surface area contributed by atoms with Crippen LogP contribution in [-0.4, -0.2) is 37.5 Å². The van der Waals surface area contributed by atoms with E-state index in [1.807, 2.05) is 24.3 Å². The van der Waals surface area contributed by atoms with Crippen LogP contribution in [0.1, 0.15) is 0 Å². The SMILES string of the molecule is CNCC1(O)COc2ccccc2OC1. The van der Waals surface area contributed by atoms with Crippen molar-refractivity contribution < 1.29 is 14.6 Å². The summed E-state index contributed by atoms with van der Waals surface area (Å²) in [7, 11) is 1.79. The quantitative estimate of drug-likeness (QED) is 0.740. The first-order valence-corrected chi connectivity index (χ1v) is 4.95. The van der Waals surface area contributed by atoms with Crippen LogP contribution in [-0.2, 0) is 0 Å². The molecule has 0 aliphatic carbocycles. The molecular formula is C11H15NO3. The Morgan fingerprint density at radius 2 is 1.80 bits per heavy atom. The second kappa shape index (κ2) is 4.08. The molecule has 1 aliphatic rings. The summed E-state index contributed by atoms with van der Waals surface area (Å²) in [6.45, 7) is 0.927. The molecule has 1 aliphatic heterocycles. The Morgan fingerprint density at radius 3 is 2.27 bits per heavy atom. The van der Waals surface area contributed by atoms with Gasteiger partial charge >= 0.3 is 0 Å². The Kier molecular flexibility index (Phi) is 2.79. The predicted molar refractivity (Wildman–Crippen MR) is 56.3 cm³/mol. The summed E-state index contributed by atoms with van der Waals surface area (Å²) in [5.41, 5.74) is -0.965. The number of nitrogens with one attached hydrogen (secondary N) is 1. The number of ether oxygens (including phenoxy) is 2. The zero-order chi connectivity index (χ0) is 10.7. The van der Waals surface area contributed by atoms with Crippen LogP contribution in [0.15, 0.2) is 24.3 Å². The molecule has 0 unspecified atom stereocenters. The Balaban J connectivity index is 2.14. The van der Waals surface area contributed by atoms with Gasteiger partial charge in [0.2, 0.25) is 0 Å². The molecule has 2 N–H and O–H groups in total. The molecule has 0 amide bonds. The molecule has 0 aromatic heterocycles. The van der Waals surface area contributed by atoms with Gasteiger partial charge in [0, 0.05) is 6.54 Å². The van der Waals surface area contributed by atoms with Crippen molar-refractivity contribution in [2.75, 3.05) is 26.8 Å². The molecule has 0 saturated carbocycles. The number of hydrogen-bond acceptors (Lipinski definition) is 4. The lowest BCUT2D eigenvalue weighted by atomic mass is 10.1. The molecule has 4 nitrogen and oxygen atoms in total. The van der Waals surface area contributed by atoms with E-state index in [9.17, 15) is 5.11 Å². The average molecular weight is 209 g/mol. The number of para-hydroxylation sites is 2. The first kappa shape index (κ1) is 10.3. The van der Waals surface area contributed by atoms with E-state index in [-0.39, 0.29) is 13.2 Å². The minimum Gasteiger partial charge on any atom is -0.487 e. The fourth-order valence-corrected chi connectivity index (χ4v) is 1.59. The van der Waals surface area contributed by atoms with E-state index in [1.54, 1.807) is 7.05 Å². The van der Waals surface area contributed by atoms with E-state index < -0.39 is 5.60 Å². The van der Waals surface area contributed by atoms with Crippen molar-refractivity contribution in [2.24, 2.45) is 0 Å². The second-order valence-corrected chi connectivity index (χ2v) is 3.78. The van der Waals surface area contributed by atoms with Gasteiger partial charge in [-0.2, -0.15) is 0 Å². The first-order valence-electron chi connectivity index (χ1n) is 4.95. The standard InChI is InChI=1S/C11H15NO3/c1-12-6-11(13)7-14-9-4-2-3-5-10(9)15-8-11/h2-5,12-13H,6-8H2,1H3. The molecular weight excluding hydrogens is 194 g/mol. The molecule has 0 bridgehead atoms. The van der Waals surface area contributed by atoms with Crippen LogP contribution < -0.4 is 14.8 Å². The van der Waals surface area contributed by atoms with Gasteiger partial charge in [-0.1, -0.05) is 12.1 Å². The van der Waals surface area contributed by atoms with Gasteiger partial charge in [-0.15, -0.1) is 0 Å². The number of hydrogen-bond donors (Lipinski definition) is 2. The van der Waals surface area contributed by atoms with Crippen LogP contribution in [0.5, 0.6) is 11.5 Å². The normalized spacial score (nSPS) is 18.3. The topological polar surface area (TPSA) is 50.7 Å². The Bertz CT molecular complexity index is 313. The van der Waals surface area contributed by atoms with Crippen LogP contribution in [0, 0.1) is 0 Å². The molecule has 4 heteroatoms. The van der Waals surface area contributed by atoms with Crippen molar-refractivity contribution in [2.45, 2.75) is 5.60 Å². The van der Waals surface area contributed by atoms with E-state index in [1.165, 1.54) is 0 Å². The van der Waals surface area contributed by atoms with Crippen LogP contribution in [0.25, 0.3) is 0 Å². The Hall–Kier alpha value is -1.26. The molecule has 0 fully saturated rings. The molecule has 82 valence electrons. The average Bonchev–Trinajstić information content (AvgIpc) is 2.40. The lowest BCUT2D eigenvalue weighted by Gasteiger charge is -2.24. The highest BCUT2D eigenvalue weighted by Crippen LogP contribution is 2.30. The number of fused-ring (bicyclic) bond motifs is 1. The fourth-order valence-electron chi connectivity index (χ4n) is 1.59. The summed E-state index contributed by atoms with van der Waals surface area (Å²) in [5, 5.41) is 13.0. The lowest BCUT2D eigenvalue weighted by Crippen LogP contribution is -2.48.